The minimum atomic E-state index is -1.77. The van der Waals surface area contributed by atoms with Gasteiger partial charge in [0.1, 0.15) is 30.5 Å². The van der Waals surface area contributed by atoms with E-state index in [1.54, 1.807) is 0 Å². The zero-order chi connectivity index (χ0) is 16.8. The van der Waals surface area contributed by atoms with E-state index in [9.17, 15) is 30.0 Å². The van der Waals surface area contributed by atoms with Crippen LogP contribution in [0.1, 0.15) is 11.7 Å². The largest absolute Gasteiger partial charge is 1.00 e. The van der Waals surface area contributed by atoms with Crippen molar-refractivity contribution in [2.24, 2.45) is 14.1 Å². The standard InChI is InChI=1S/C12H18N2O8.Na/c1-13-10(19)5(11(20)14(2)12(13)21)9-8(18)7(17)6(16)4(3-15)22-9;/h4,6-9,15-19H,3H2,1-2H3;/q;+1/p-1/t4-,6-,7+,8-,9+;/m1./s1. The van der Waals surface area contributed by atoms with Crippen LogP contribution in [0, 0.1) is 0 Å². The summed E-state index contributed by atoms with van der Waals surface area (Å²) in [6.07, 6.45) is -7.94. The summed E-state index contributed by atoms with van der Waals surface area (Å²) in [5.74, 6) is -0.975. The van der Waals surface area contributed by atoms with E-state index in [0.717, 1.165) is 14.1 Å². The van der Waals surface area contributed by atoms with Gasteiger partial charge in [-0.15, -0.1) is 0 Å². The van der Waals surface area contributed by atoms with Gasteiger partial charge < -0.3 is 34.8 Å². The maximum Gasteiger partial charge on any atom is 1.00 e. The molecule has 1 aliphatic heterocycles. The molecule has 0 saturated carbocycles. The Hall–Kier alpha value is -0.720. The van der Waals surface area contributed by atoms with Crippen molar-refractivity contribution in [3.8, 4) is 5.88 Å². The summed E-state index contributed by atoms with van der Waals surface area (Å²) in [6, 6.07) is 0. The second-order valence-electron chi connectivity index (χ2n) is 5.17. The summed E-state index contributed by atoms with van der Waals surface area (Å²) in [4.78, 5) is 23.8. The van der Waals surface area contributed by atoms with Gasteiger partial charge in [-0.1, -0.05) is 0 Å². The molecular formula is C12H17N2NaO8. The molecule has 11 heteroatoms. The van der Waals surface area contributed by atoms with Crippen LogP contribution in [-0.4, -0.2) is 60.6 Å². The first-order valence-corrected chi connectivity index (χ1v) is 6.49. The Labute approximate surface area is 152 Å². The molecule has 23 heavy (non-hydrogen) atoms. The third-order valence-electron chi connectivity index (χ3n) is 3.82. The molecule has 4 N–H and O–H groups in total. The molecule has 10 nitrogen and oxygen atoms in total. The predicted octanol–water partition coefficient (Wildman–Crippen LogP) is -7.32. The van der Waals surface area contributed by atoms with Gasteiger partial charge in [0.05, 0.1) is 12.2 Å². The molecule has 0 unspecified atom stereocenters. The average molecular weight is 340 g/mol. The molecule has 0 radical (unpaired) electrons. The van der Waals surface area contributed by atoms with E-state index >= 15 is 0 Å². The van der Waals surface area contributed by atoms with Crippen LogP contribution < -0.4 is 45.9 Å². The van der Waals surface area contributed by atoms with E-state index in [-0.39, 0.29) is 29.6 Å². The Morgan fingerprint density at radius 2 is 1.65 bits per heavy atom. The number of aromatic nitrogens is 2. The molecule has 124 valence electrons. The number of nitrogens with zero attached hydrogens (tertiary/aromatic N) is 2. The topological polar surface area (TPSA) is 157 Å². The maximum absolute atomic E-state index is 12.1. The third kappa shape index (κ3) is 3.26. The molecule has 1 aliphatic rings. The van der Waals surface area contributed by atoms with Crippen molar-refractivity contribution < 1.29 is 59.8 Å². The third-order valence-corrected chi connectivity index (χ3v) is 3.82. The van der Waals surface area contributed by atoms with E-state index in [4.69, 9.17) is 9.84 Å². The fourth-order valence-electron chi connectivity index (χ4n) is 2.44. The van der Waals surface area contributed by atoms with Crippen LogP contribution >= 0.6 is 0 Å². The van der Waals surface area contributed by atoms with Crippen LogP contribution in [0.3, 0.4) is 0 Å². The predicted molar refractivity (Wildman–Crippen MR) is 69.1 cm³/mol. The first-order valence-electron chi connectivity index (χ1n) is 6.49. The molecule has 1 aromatic heterocycles. The summed E-state index contributed by atoms with van der Waals surface area (Å²) < 4.78 is 6.52. The normalized spacial score (nSPS) is 30.8. The van der Waals surface area contributed by atoms with Gasteiger partial charge >= 0.3 is 35.2 Å². The van der Waals surface area contributed by atoms with Gasteiger partial charge in [0, 0.05) is 14.1 Å². The van der Waals surface area contributed by atoms with E-state index in [1.807, 2.05) is 0 Å². The molecule has 2 heterocycles. The number of ether oxygens (including phenoxy) is 1. The Kier molecular flexibility index (Phi) is 6.58. The second-order valence-corrected chi connectivity index (χ2v) is 5.17. The van der Waals surface area contributed by atoms with Crippen LogP contribution in [0.2, 0.25) is 0 Å². The van der Waals surface area contributed by atoms with Gasteiger partial charge in [-0.05, 0) is 5.88 Å². The molecular weight excluding hydrogens is 323 g/mol. The van der Waals surface area contributed by atoms with Gasteiger partial charge in [0.15, 0.2) is 0 Å². The van der Waals surface area contributed by atoms with Crippen molar-refractivity contribution in [2.75, 3.05) is 6.61 Å². The Morgan fingerprint density at radius 3 is 2.17 bits per heavy atom. The smallest absolute Gasteiger partial charge is 0.860 e. The minimum absolute atomic E-state index is 0. The molecule has 0 spiro atoms. The van der Waals surface area contributed by atoms with Crippen LogP contribution in [0.5, 0.6) is 5.88 Å². The van der Waals surface area contributed by atoms with Gasteiger partial charge in [0.25, 0.3) is 5.56 Å². The zero-order valence-corrected chi connectivity index (χ0v) is 14.9. The van der Waals surface area contributed by atoms with E-state index < -0.39 is 59.8 Å². The summed E-state index contributed by atoms with van der Waals surface area (Å²) in [7, 11) is 2.30. The number of hydrogen-bond donors (Lipinski definition) is 4. The molecule has 1 fully saturated rings. The first-order chi connectivity index (χ1) is 10.2. The molecule has 0 aromatic carbocycles. The molecule has 0 bridgehead atoms. The minimum Gasteiger partial charge on any atom is -0.860 e. The zero-order valence-electron chi connectivity index (χ0n) is 12.9. The maximum atomic E-state index is 12.1. The molecule has 2 rings (SSSR count). The van der Waals surface area contributed by atoms with E-state index in [1.165, 1.54) is 0 Å². The van der Waals surface area contributed by atoms with Crippen molar-refractivity contribution in [2.45, 2.75) is 30.5 Å². The van der Waals surface area contributed by atoms with Crippen molar-refractivity contribution in [1.29, 1.82) is 0 Å². The van der Waals surface area contributed by atoms with Gasteiger partial charge in [-0.2, -0.15) is 0 Å². The fraction of sp³-hybridized carbons (Fsp3) is 0.667. The van der Waals surface area contributed by atoms with E-state index in [0.29, 0.717) is 9.13 Å². The van der Waals surface area contributed by atoms with E-state index in [2.05, 4.69) is 0 Å². The number of aliphatic hydroxyl groups is 4. The van der Waals surface area contributed by atoms with Crippen molar-refractivity contribution in [1.82, 2.24) is 9.13 Å². The number of rotatable bonds is 2. The summed E-state index contributed by atoms with van der Waals surface area (Å²) in [6.45, 7) is -0.693. The van der Waals surface area contributed by atoms with Gasteiger partial charge in [-0.3, -0.25) is 9.36 Å². The Morgan fingerprint density at radius 1 is 1.09 bits per heavy atom. The monoisotopic (exact) mass is 340 g/mol. The SMILES string of the molecule is Cn1c([O-])c([C@@H]2O[C@H](CO)[C@@H](O)[C@H](O)[C@H]2O)c(=O)n(C)c1=O.[Na+]. The Balaban J connectivity index is 0.00000264. The van der Waals surface area contributed by atoms with Crippen LogP contribution in [0.4, 0.5) is 0 Å². The van der Waals surface area contributed by atoms with Crippen LogP contribution in [-0.2, 0) is 18.8 Å². The summed E-state index contributed by atoms with van der Waals surface area (Å²) in [5.41, 5.74) is -2.37. The van der Waals surface area contributed by atoms with Crippen molar-refractivity contribution >= 4 is 0 Å². The Bertz CT molecular complexity index is 685. The number of aliphatic hydroxyl groups excluding tert-OH is 4. The molecule has 0 aliphatic carbocycles. The van der Waals surface area contributed by atoms with Gasteiger partial charge in [0.2, 0.25) is 0 Å². The second kappa shape index (κ2) is 7.45. The summed E-state index contributed by atoms with van der Waals surface area (Å²) in [5, 5.41) is 50.7. The summed E-state index contributed by atoms with van der Waals surface area (Å²) >= 11 is 0. The molecule has 0 amide bonds. The van der Waals surface area contributed by atoms with Crippen LogP contribution in [0.15, 0.2) is 9.59 Å². The average Bonchev–Trinajstić information content (AvgIpc) is 2.51. The quantitative estimate of drug-likeness (QED) is 0.387. The molecule has 1 saturated heterocycles. The molecule has 1 aromatic rings. The number of hydrogen-bond acceptors (Lipinski definition) is 8. The van der Waals surface area contributed by atoms with Gasteiger partial charge in [-0.25, -0.2) is 4.79 Å². The fourth-order valence-corrected chi connectivity index (χ4v) is 2.44. The first kappa shape index (κ1) is 20.3. The van der Waals surface area contributed by atoms with Crippen molar-refractivity contribution in [3.05, 3.63) is 26.4 Å². The van der Waals surface area contributed by atoms with Crippen molar-refractivity contribution in [3.63, 3.8) is 0 Å². The molecule has 5 atom stereocenters. The van der Waals surface area contributed by atoms with Crippen LogP contribution in [0.25, 0.3) is 0 Å².